The van der Waals surface area contributed by atoms with Gasteiger partial charge in [-0.25, -0.2) is 0 Å². The number of esters is 1. The molecule has 0 aliphatic carbocycles. The molecule has 0 bridgehead atoms. The number of carbonyl (C=O) groups excluding carboxylic acids is 1. The summed E-state index contributed by atoms with van der Waals surface area (Å²) in [5.41, 5.74) is 1.06. The molecule has 2 saturated heterocycles. The number of ether oxygens (including phenoxy) is 4. The molecule has 2 fully saturated rings. The largest absolute Gasteiger partial charge is 0.493 e. The van der Waals surface area contributed by atoms with Crippen LogP contribution >= 0.6 is 0 Å². The van der Waals surface area contributed by atoms with Crippen molar-refractivity contribution in [2.75, 3.05) is 46.2 Å². The molecule has 34 heavy (non-hydrogen) atoms. The molecule has 0 N–H and O–H groups in total. The number of rotatable bonds is 11. The van der Waals surface area contributed by atoms with Gasteiger partial charge >= 0.3 is 5.97 Å². The molecule has 0 atom stereocenters. The van der Waals surface area contributed by atoms with Gasteiger partial charge in [0, 0.05) is 0 Å². The lowest BCUT2D eigenvalue weighted by Gasteiger charge is -2.41. The molecule has 2 aliphatic rings. The Labute approximate surface area is 200 Å². The maximum absolute atomic E-state index is 12.5. The molecule has 0 unspecified atom stereocenters. The van der Waals surface area contributed by atoms with Crippen LogP contribution in [0.25, 0.3) is 0 Å². The van der Waals surface area contributed by atoms with Gasteiger partial charge in [-0.1, -0.05) is 29.8 Å². The zero-order chi connectivity index (χ0) is 24.2. The molecular formula is C25H30O8S. The highest BCUT2D eigenvalue weighted by Gasteiger charge is 2.43. The van der Waals surface area contributed by atoms with Gasteiger partial charge in [-0.2, -0.15) is 8.42 Å². The third-order valence-corrected chi connectivity index (χ3v) is 7.48. The minimum Gasteiger partial charge on any atom is -0.493 e. The fourth-order valence-corrected chi connectivity index (χ4v) is 4.93. The summed E-state index contributed by atoms with van der Waals surface area (Å²) in [4.78, 5) is 12.1. The Bertz CT molecular complexity index is 1080. The Morgan fingerprint density at radius 2 is 1.59 bits per heavy atom. The first kappa shape index (κ1) is 24.7. The lowest BCUT2D eigenvalue weighted by molar-refractivity contribution is -0.151. The molecule has 2 aliphatic heterocycles. The molecule has 0 radical (unpaired) electrons. The van der Waals surface area contributed by atoms with Gasteiger partial charge in [0.2, 0.25) is 0 Å². The van der Waals surface area contributed by atoms with Crippen LogP contribution in [0.1, 0.15) is 24.5 Å². The predicted molar refractivity (Wildman–Crippen MR) is 123 cm³/mol. The molecular weight excluding hydrogens is 460 g/mol. The van der Waals surface area contributed by atoms with Crippen molar-refractivity contribution in [2.45, 2.75) is 30.6 Å². The van der Waals surface area contributed by atoms with Gasteiger partial charge in [-0.3, -0.25) is 8.98 Å². The topological polar surface area (TPSA) is 97.4 Å². The number of hydrogen-bond acceptors (Lipinski definition) is 8. The van der Waals surface area contributed by atoms with Crippen LogP contribution in [0.4, 0.5) is 0 Å². The molecule has 0 amide bonds. The van der Waals surface area contributed by atoms with Crippen LogP contribution in [0.3, 0.4) is 0 Å². The summed E-state index contributed by atoms with van der Waals surface area (Å²) in [5.74, 6) is 0.404. The Balaban J connectivity index is 1.35. The highest BCUT2D eigenvalue weighted by molar-refractivity contribution is 7.86. The van der Waals surface area contributed by atoms with E-state index in [9.17, 15) is 13.2 Å². The molecule has 8 nitrogen and oxygen atoms in total. The Morgan fingerprint density at radius 1 is 0.941 bits per heavy atom. The molecule has 2 aromatic rings. The van der Waals surface area contributed by atoms with E-state index in [0.29, 0.717) is 38.8 Å². The average molecular weight is 491 g/mol. The number of benzene rings is 2. The highest BCUT2D eigenvalue weighted by Crippen LogP contribution is 2.37. The van der Waals surface area contributed by atoms with E-state index in [0.717, 1.165) is 11.1 Å². The zero-order valence-corrected chi connectivity index (χ0v) is 20.3. The first-order chi connectivity index (χ1) is 16.3. The summed E-state index contributed by atoms with van der Waals surface area (Å²) >= 11 is 0. The Morgan fingerprint density at radius 3 is 2.12 bits per heavy atom. The van der Waals surface area contributed by atoms with Crippen molar-refractivity contribution in [3.63, 3.8) is 0 Å². The van der Waals surface area contributed by atoms with Crippen molar-refractivity contribution in [2.24, 2.45) is 5.41 Å². The highest BCUT2D eigenvalue weighted by atomic mass is 32.2. The second-order valence-electron chi connectivity index (χ2n) is 9.09. The molecule has 9 heteroatoms. The minimum atomic E-state index is -3.86. The van der Waals surface area contributed by atoms with Crippen LogP contribution in [0.15, 0.2) is 53.4 Å². The first-order valence-electron chi connectivity index (χ1n) is 11.3. The average Bonchev–Trinajstić information content (AvgIpc) is 2.76. The summed E-state index contributed by atoms with van der Waals surface area (Å²) in [5, 5.41) is 0. The van der Waals surface area contributed by atoms with E-state index in [1.54, 1.807) is 19.1 Å². The number of carbonyl (C=O) groups is 1. The Hall–Kier alpha value is -2.46. The molecule has 184 valence electrons. The molecule has 0 saturated carbocycles. The van der Waals surface area contributed by atoms with Crippen molar-refractivity contribution in [3.05, 3.63) is 59.7 Å². The number of hydrogen-bond donors (Lipinski definition) is 0. The second-order valence-corrected chi connectivity index (χ2v) is 10.7. The van der Waals surface area contributed by atoms with Crippen LogP contribution in [0.5, 0.6) is 5.75 Å². The quantitative estimate of drug-likeness (QED) is 0.350. The smallest absolute Gasteiger partial charge is 0.306 e. The number of aryl methyl sites for hydroxylation is 1. The van der Waals surface area contributed by atoms with Gasteiger partial charge in [-0.15, -0.1) is 0 Å². The SMILES string of the molecule is CCOC(=O)CC1(c2ccc(OCC3(COS(=O)(=O)c4ccc(C)cc4)COC3)cc2)COC1. The molecule has 0 spiro atoms. The van der Waals surface area contributed by atoms with Crippen molar-refractivity contribution in [1.82, 2.24) is 0 Å². The summed E-state index contributed by atoms with van der Waals surface area (Å²) in [7, 11) is -3.86. The molecule has 2 aromatic carbocycles. The van der Waals surface area contributed by atoms with E-state index < -0.39 is 15.5 Å². The normalized spacial score (nSPS) is 18.4. The van der Waals surface area contributed by atoms with E-state index >= 15 is 0 Å². The van der Waals surface area contributed by atoms with Gasteiger partial charge in [0.1, 0.15) is 12.4 Å². The van der Waals surface area contributed by atoms with E-state index in [-0.39, 0.29) is 35.9 Å². The maximum Gasteiger partial charge on any atom is 0.306 e. The van der Waals surface area contributed by atoms with Crippen LogP contribution < -0.4 is 4.74 Å². The van der Waals surface area contributed by atoms with Gasteiger partial charge in [-0.05, 0) is 43.7 Å². The minimum absolute atomic E-state index is 0.0265. The monoisotopic (exact) mass is 490 g/mol. The van der Waals surface area contributed by atoms with Gasteiger partial charge in [0.25, 0.3) is 10.1 Å². The lowest BCUT2D eigenvalue weighted by atomic mass is 9.76. The third kappa shape index (κ3) is 5.43. The molecule has 0 aromatic heterocycles. The van der Waals surface area contributed by atoms with Gasteiger partial charge in [0.05, 0.1) is 61.8 Å². The fourth-order valence-electron chi connectivity index (χ4n) is 3.92. The standard InChI is InChI=1S/C25H30O8S/c1-3-31-23(26)12-25(17-30-18-25)20-6-8-21(9-7-20)32-15-24(13-29-14-24)16-33-34(27,28)22-10-4-19(2)5-11-22/h4-11H,3,12-18H2,1-2H3. The third-order valence-electron chi connectivity index (χ3n) is 6.20. The summed E-state index contributed by atoms with van der Waals surface area (Å²) < 4.78 is 52.2. The van der Waals surface area contributed by atoms with Crippen LogP contribution in [0, 0.1) is 12.3 Å². The van der Waals surface area contributed by atoms with Crippen molar-refractivity contribution >= 4 is 16.1 Å². The molecule has 4 rings (SSSR count). The fraction of sp³-hybridized carbons (Fsp3) is 0.480. The maximum atomic E-state index is 12.5. The van der Waals surface area contributed by atoms with Crippen molar-refractivity contribution in [3.8, 4) is 5.75 Å². The summed E-state index contributed by atoms with van der Waals surface area (Å²) in [6.07, 6.45) is 0.272. The van der Waals surface area contributed by atoms with Crippen LogP contribution in [-0.4, -0.2) is 60.6 Å². The molecule has 2 heterocycles. The first-order valence-corrected chi connectivity index (χ1v) is 12.7. The van der Waals surface area contributed by atoms with Crippen molar-refractivity contribution < 1.29 is 36.3 Å². The van der Waals surface area contributed by atoms with Crippen LogP contribution in [-0.2, 0) is 38.7 Å². The van der Waals surface area contributed by atoms with Crippen LogP contribution in [0.2, 0.25) is 0 Å². The van der Waals surface area contributed by atoms with E-state index in [1.165, 1.54) is 12.1 Å². The van der Waals surface area contributed by atoms with E-state index in [2.05, 4.69) is 0 Å². The van der Waals surface area contributed by atoms with E-state index in [4.69, 9.17) is 23.1 Å². The lowest BCUT2D eigenvalue weighted by Crippen LogP contribution is -2.51. The van der Waals surface area contributed by atoms with Gasteiger partial charge in [0.15, 0.2) is 0 Å². The summed E-state index contributed by atoms with van der Waals surface area (Å²) in [6.45, 7) is 5.92. The van der Waals surface area contributed by atoms with Gasteiger partial charge < -0.3 is 18.9 Å². The van der Waals surface area contributed by atoms with Crippen molar-refractivity contribution in [1.29, 1.82) is 0 Å². The van der Waals surface area contributed by atoms with E-state index in [1.807, 2.05) is 31.2 Å². The Kier molecular flexibility index (Phi) is 7.28. The second kappa shape index (κ2) is 10.0. The summed E-state index contributed by atoms with van der Waals surface area (Å²) in [6, 6.07) is 14.1. The predicted octanol–water partition coefficient (Wildman–Crippen LogP) is 3.02. The zero-order valence-electron chi connectivity index (χ0n) is 19.4.